The first-order valence-corrected chi connectivity index (χ1v) is 9.30. The summed E-state index contributed by atoms with van der Waals surface area (Å²) in [6, 6.07) is 7.00. The second-order valence-corrected chi connectivity index (χ2v) is 6.71. The average molecular weight is 399 g/mol. The maximum absolute atomic E-state index is 12.9. The molecule has 0 bridgehead atoms. The standard InChI is InChI=1S/C20H25N5O4/c1-13-11-17(19(27)25-9-7-24(8-10-25)14(2)26)23-20(21-13)22-16-6-5-15(28-3)12-18(16)29-4/h5-6,11-12H,7-10H2,1-4H3,(H,21,22,23). The lowest BCUT2D eigenvalue weighted by Crippen LogP contribution is -2.50. The van der Waals surface area contributed by atoms with Crippen LogP contribution in [0, 0.1) is 6.92 Å². The Morgan fingerprint density at radius 3 is 2.31 bits per heavy atom. The van der Waals surface area contributed by atoms with Gasteiger partial charge in [-0.25, -0.2) is 9.97 Å². The van der Waals surface area contributed by atoms with E-state index in [4.69, 9.17) is 9.47 Å². The molecule has 1 saturated heterocycles. The van der Waals surface area contributed by atoms with Crippen LogP contribution < -0.4 is 14.8 Å². The number of methoxy groups -OCH3 is 2. The fourth-order valence-electron chi connectivity index (χ4n) is 3.14. The van der Waals surface area contributed by atoms with Gasteiger partial charge in [0.25, 0.3) is 5.91 Å². The van der Waals surface area contributed by atoms with E-state index in [1.807, 2.05) is 6.92 Å². The van der Waals surface area contributed by atoms with Crippen LogP contribution in [0.4, 0.5) is 11.6 Å². The van der Waals surface area contributed by atoms with Crippen molar-refractivity contribution in [3.05, 3.63) is 35.7 Å². The average Bonchev–Trinajstić information content (AvgIpc) is 2.73. The zero-order valence-corrected chi connectivity index (χ0v) is 17.1. The number of amides is 2. The third-order valence-electron chi connectivity index (χ3n) is 4.74. The van der Waals surface area contributed by atoms with E-state index >= 15 is 0 Å². The van der Waals surface area contributed by atoms with Crippen LogP contribution in [0.5, 0.6) is 11.5 Å². The fourth-order valence-corrected chi connectivity index (χ4v) is 3.14. The van der Waals surface area contributed by atoms with Crippen molar-refractivity contribution in [2.75, 3.05) is 45.7 Å². The number of aryl methyl sites for hydroxylation is 1. The summed E-state index contributed by atoms with van der Waals surface area (Å²) in [4.78, 5) is 36.6. The Labute approximate surface area is 169 Å². The topological polar surface area (TPSA) is 96.9 Å². The number of piperazine rings is 1. The first kappa shape index (κ1) is 20.4. The predicted molar refractivity (Wildman–Crippen MR) is 108 cm³/mol. The Kier molecular flexibility index (Phi) is 6.16. The van der Waals surface area contributed by atoms with Crippen molar-refractivity contribution < 1.29 is 19.1 Å². The lowest BCUT2D eigenvalue weighted by Gasteiger charge is -2.34. The highest BCUT2D eigenvalue weighted by molar-refractivity contribution is 5.93. The van der Waals surface area contributed by atoms with Crippen LogP contribution in [-0.4, -0.2) is 72.0 Å². The SMILES string of the molecule is COc1ccc(Nc2nc(C)cc(C(=O)N3CCN(C(C)=O)CC3)n2)c(OC)c1. The normalized spacial score (nSPS) is 13.8. The molecule has 1 aliphatic rings. The van der Waals surface area contributed by atoms with E-state index in [-0.39, 0.29) is 11.8 Å². The van der Waals surface area contributed by atoms with E-state index in [0.717, 1.165) is 0 Å². The van der Waals surface area contributed by atoms with Gasteiger partial charge < -0.3 is 24.6 Å². The van der Waals surface area contributed by atoms with E-state index in [1.165, 1.54) is 6.92 Å². The largest absolute Gasteiger partial charge is 0.497 e. The molecule has 1 aromatic heterocycles. The third kappa shape index (κ3) is 4.74. The monoisotopic (exact) mass is 399 g/mol. The first-order valence-electron chi connectivity index (χ1n) is 9.30. The molecule has 1 aromatic carbocycles. The van der Waals surface area contributed by atoms with Crippen LogP contribution >= 0.6 is 0 Å². The van der Waals surface area contributed by atoms with Crippen molar-refractivity contribution in [3.63, 3.8) is 0 Å². The molecule has 3 rings (SSSR count). The molecule has 0 radical (unpaired) electrons. The summed E-state index contributed by atoms with van der Waals surface area (Å²) in [5, 5.41) is 3.11. The zero-order valence-electron chi connectivity index (χ0n) is 17.1. The summed E-state index contributed by atoms with van der Waals surface area (Å²) in [5.74, 6) is 1.39. The smallest absolute Gasteiger partial charge is 0.272 e. The molecule has 2 amide bonds. The van der Waals surface area contributed by atoms with Crippen molar-refractivity contribution in [1.29, 1.82) is 0 Å². The molecule has 0 saturated carbocycles. The zero-order chi connectivity index (χ0) is 21.0. The number of nitrogens with zero attached hydrogens (tertiary/aromatic N) is 4. The highest BCUT2D eigenvalue weighted by Gasteiger charge is 2.24. The number of hydrogen-bond acceptors (Lipinski definition) is 7. The van der Waals surface area contributed by atoms with Crippen molar-refractivity contribution in [1.82, 2.24) is 19.8 Å². The Morgan fingerprint density at radius 1 is 1.00 bits per heavy atom. The van der Waals surface area contributed by atoms with Crippen LogP contribution in [0.3, 0.4) is 0 Å². The minimum Gasteiger partial charge on any atom is -0.497 e. The number of ether oxygens (including phenoxy) is 2. The summed E-state index contributed by atoms with van der Waals surface area (Å²) in [5.41, 5.74) is 1.64. The van der Waals surface area contributed by atoms with E-state index in [0.29, 0.717) is 60.7 Å². The minimum absolute atomic E-state index is 0.0231. The fraction of sp³-hybridized carbons (Fsp3) is 0.400. The Balaban J connectivity index is 1.78. The number of nitrogens with one attached hydrogen (secondary N) is 1. The number of carbonyl (C=O) groups excluding carboxylic acids is 2. The lowest BCUT2D eigenvalue weighted by molar-refractivity contribution is -0.130. The molecule has 0 aliphatic carbocycles. The number of anilines is 2. The van der Waals surface area contributed by atoms with Crippen LogP contribution in [0.2, 0.25) is 0 Å². The molecule has 1 fully saturated rings. The number of rotatable bonds is 5. The van der Waals surface area contributed by atoms with Gasteiger partial charge in [0.2, 0.25) is 11.9 Å². The van der Waals surface area contributed by atoms with Gasteiger partial charge in [0.15, 0.2) is 0 Å². The quantitative estimate of drug-likeness (QED) is 0.819. The van der Waals surface area contributed by atoms with E-state index in [1.54, 1.807) is 48.3 Å². The molecule has 0 unspecified atom stereocenters. The van der Waals surface area contributed by atoms with Gasteiger partial charge in [-0.15, -0.1) is 0 Å². The van der Waals surface area contributed by atoms with E-state index < -0.39 is 0 Å². The van der Waals surface area contributed by atoms with Crippen molar-refractivity contribution in [3.8, 4) is 11.5 Å². The number of aromatic nitrogens is 2. The Morgan fingerprint density at radius 2 is 1.69 bits per heavy atom. The Hall–Kier alpha value is -3.36. The molecular weight excluding hydrogens is 374 g/mol. The number of carbonyl (C=O) groups is 2. The van der Waals surface area contributed by atoms with Gasteiger partial charge in [0.1, 0.15) is 17.2 Å². The van der Waals surface area contributed by atoms with Gasteiger partial charge >= 0.3 is 0 Å². The maximum Gasteiger partial charge on any atom is 0.272 e. The molecule has 1 N–H and O–H groups in total. The van der Waals surface area contributed by atoms with E-state index in [2.05, 4.69) is 15.3 Å². The molecule has 154 valence electrons. The summed E-state index contributed by atoms with van der Waals surface area (Å²) in [6.07, 6.45) is 0. The Bertz CT molecular complexity index is 910. The van der Waals surface area contributed by atoms with Gasteiger partial charge in [0.05, 0.1) is 19.9 Å². The van der Waals surface area contributed by atoms with Crippen LogP contribution in [0.25, 0.3) is 0 Å². The summed E-state index contributed by atoms with van der Waals surface area (Å²) in [7, 11) is 3.15. The molecule has 1 aliphatic heterocycles. The van der Waals surface area contributed by atoms with Gasteiger partial charge in [-0.1, -0.05) is 0 Å². The van der Waals surface area contributed by atoms with Crippen LogP contribution in [0.1, 0.15) is 23.1 Å². The van der Waals surface area contributed by atoms with Crippen molar-refractivity contribution >= 4 is 23.5 Å². The summed E-state index contributed by atoms with van der Waals surface area (Å²) < 4.78 is 10.6. The minimum atomic E-state index is -0.177. The molecule has 2 aromatic rings. The number of hydrogen-bond donors (Lipinski definition) is 1. The predicted octanol–water partition coefficient (Wildman–Crippen LogP) is 1.85. The van der Waals surface area contributed by atoms with Gasteiger partial charge in [-0.3, -0.25) is 9.59 Å². The van der Waals surface area contributed by atoms with Crippen molar-refractivity contribution in [2.24, 2.45) is 0 Å². The molecule has 0 atom stereocenters. The molecular formula is C20H25N5O4. The molecule has 9 nitrogen and oxygen atoms in total. The molecule has 0 spiro atoms. The lowest BCUT2D eigenvalue weighted by atomic mass is 10.2. The van der Waals surface area contributed by atoms with Gasteiger partial charge in [0, 0.05) is 44.9 Å². The molecule has 29 heavy (non-hydrogen) atoms. The number of benzene rings is 1. The van der Waals surface area contributed by atoms with Crippen LogP contribution in [0.15, 0.2) is 24.3 Å². The highest BCUT2D eigenvalue weighted by Crippen LogP contribution is 2.30. The highest BCUT2D eigenvalue weighted by atomic mass is 16.5. The third-order valence-corrected chi connectivity index (χ3v) is 4.74. The van der Waals surface area contributed by atoms with Gasteiger partial charge in [-0.05, 0) is 25.1 Å². The maximum atomic E-state index is 12.9. The second-order valence-electron chi connectivity index (χ2n) is 6.71. The molecule has 2 heterocycles. The second kappa shape index (κ2) is 8.76. The molecule has 9 heteroatoms. The van der Waals surface area contributed by atoms with Gasteiger partial charge in [-0.2, -0.15) is 0 Å². The first-order chi connectivity index (χ1) is 13.9. The van der Waals surface area contributed by atoms with E-state index in [9.17, 15) is 9.59 Å². The van der Waals surface area contributed by atoms with Crippen molar-refractivity contribution in [2.45, 2.75) is 13.8 Å². The summed E-state index contributed by atoms with van der Waals surface area (Å²) in [6.45, 7) is 5.37. The summed E-state index contributed by atoms with van der Waals surface area (Å²) >= 11 is 0. The van der Waals surface area contributed by atoms with Crippen LogP contribution in [-0.2, 0) is 4.79 Å².